The number of hydrogen-bond acceptors (Lipinski definition) is 1. The van der Waals surface area contributed by atoms with Crippen LogP contribution in [0.5, 0.6) is 0 Å². The van der Waals surface area contributed by atoms with Crippen molar-refractivity contribution in [3.8, 4) is 0 Å². The fourth-order valence-corrected chi connectivity index (χ4v) is 3.43. The smallest absolute Gasteiger partial charge is 0.0329 e. The quantitative estimate of drug-likeness (QED) is 0.877. The number of halogens is 1. The summed E-state index contributed by atoms with van der Waals surface area (Å²) in [6.45, 7) is 3.04. The first-order valence-electron chi connectivity index (χ1n) is 6.80. The van der Waals surface area contributed by atoms with Crippen LogP contribution < -0.4 is 5.32 Å². The third kappa shape index (κ3) is 2.75. The SMILES string of the molecule is Cc1ccc(CNC2CCc3ccccc32)c(Br)c1. The molecule has 1 unspecified atom stereocenters. The highest BCUT2D eigenvalue weighted by atomic mass is 79.9. The van der Waals surface area contributed by atoms with Gasteiger partial charge < -0.3 is 5.32 Å². The first-order valence-corrected chi connectivity index (χ1v) is 7.59. The Morgan fingerprint density at radius 2 is 2.05 bits per heavy atom. The van der Waals surface area contributed by atoms with Crippen LogP contribution in [0.3, 0.4) is 0 Å². The lowest BCUT2D eigenvalue weighted by Gasteiger charge is -2.15. The fourth-order valence-electron chi connectivity index (χ4n) is 2.80. The molecule has 98 valence electrons. The number of rotatable bonds is 3. The minimum Gasteiger partial charge on any atom is -0.306 e. The van der Waals surface area contributed by atoms with E-state index in [0.29, 0.717) is 6.04 Å². The van der Waals surface area contributed by atoms with Gasteiger partial charge in [-0.05, 0) is 48.1 Å². The summed E-state index contributed by atoms with van der Waals surface area (Å²) in [5.41, 5.74) is 5.60. The monoisotopic (exact) mass is 315 g/mol. The van der Waals surface area contributed by atoms with Crippen LogP contribution in [0.25, 0.3) is 0 Å². The van der Waals surface area contributed by atoms with E-state index in [1.54, 1.807) is 0 Å². The second-order valence-electron chi connectivity index (χ2n) is 5.27. The van der Waals surface area contributed by atoms with Gasteiger partial charge in [0.1, 0.15) is 0 Å². The first kappa shape index (κ1) is 12.9. The van der Waals surface area contributed by atoms with E-state index in [9.17, 15) is 0 Å². The molecule has 1 nitrogen and oxygen atoms in total. The zero-order valence-corrected chi connectivity index (χ0v) is 12.7. The van der Waals surface area contributed by atoms with Crippen LogP contribution in [0, 0.1) is 6.92 Å². The van der Waals surface area contributed by atoms with Crippen LogP contribution in [0.15, 0.2) is 46.9 Å². The average Bonchev–Trinajstić information content (AvgIpc) is 2.81. The number of nitrogens with one attached hydrogen (secondary N) is 1. The zero-order valence-electron chi connectivity index (χ0n) is 11.1. The molecule has 0 saturated carbocycles. The van der Waals surface area contributed by atoms with Gasteiger partial charge in [-0.15, -0.1) is 0 Å². The maximum Gasteiger partial charge on any atom is 0.0329 e. The van der Waals surface area contributed by atoms with E-state index in [1.165, 1.54) is 39.6 Å². The molecule has 0 fully saturated rings. The van der Waals surface area contributed by atoms with Gasteiger partial charge in [0.05, 0.1) is 0 Å². The summed E-state index contributed by atoms with van der Waals surface area (Å²) < 4.78 is 1.20. The van der Waals surface area contributed by atoms with Crippen LogP contribution in [-0.4, -0.2) is 0 Å². The molecule has 1 aliphatic rings. The van der Waals surface area contributed by atoms with Crippen LogP contribution in [0.4, 0.5) is 0 Å². The fraction of sp³-hybridized carbons (Fsp3) is 0.294. The van der Waals surface area contributed by atoms with Crippen molar-refractivity contribution in [1.82, 2.24) is 5.32 Å². The Labute approximate surface area is 123 Å². The summed E-state index contributed by atoms with van der Waals surface area (Å²) in [5, 5.41) is 3.68. The Kier molecular flexibility index (Phi) is 3.72. The molecule has 0 aromatic heterocycles. The maximum atomic E-state index is 3.68. The predicted molar refractivity (Wildman–Crippen MR) is 83.2 cm³/mol. The van der Waals surface area contributed by atoms with Crippen molar-refractivity contribution < 1.29 is 0 Å². The summed E-state index contributed by atoms with van der Waals surface area (Å²) in [7, 11) is 0. The number of benzene rings is 2. The third-order valence-electron chi connectivity index (χ3n) is 3.88. The van der Waals surface area contributed by atoms with E-state index in [1.807, 2.05) is 0 Å². The lowest BCUT2D eigenvalue weighted by molar-refractivity contribution is 0.529. The molecule has 2 aromatic rings. The molecular formula is C17H18BrN. The van der Waals surface area contributed by atoms with Crippen molar-refractivity contribution in [3.05, 3.63) is 69.2 Å². The molecule has 1 aliphatic carbocycles. The molecule has 0 amide bonds. The van der Waals surface area contributed by atoms with Crippen molar-refractivity contribution in [3.63, 3.8) is 0 Å². The van der Waals surface area contributed by atoms with E-state index < -0.39 is 0 Å². The highest BCUT2D eigenvalue weighted by Gasteiger charge is 2.21. The van der Waals surface area contributed by atoms with E-state index in [2.05, 4.69) is 70.6 Å². The molecule has 0 aliphatic heterocycles. The van der Waals surface area contributed by atoms with Gasteiger partial charge >= 0.3 is 0 Å². The van der Waals surface area contributed by atoms with Crippen LogP contribution in [0.2, 0.25) is 0 Å². The number of fused-ring (bicyclic) bond motifs is 1. The molecule has 0 heterocycles. The van der Waals surface area contributed by atoms with Crippen LogP contribution in [-0.2, 0) is 13.0 Å². The molecular weight excluding hydrogens is 298 g/mol. The number of hydrogen-bond donors (Lipinski definition) is 1. The molecule has 0 saturated heterocycles. The molecule has 0 bridgehead atoms. The molecule has 0 spiro atoms. The highest BCUT2D eigenvalue weighted by Crippen LogP contribution is 2.31. The second kappa shape index (κ2) is 5.48. The highest BCUT2D eigenvalue weighted by molar-refractivity contribution is 9.10. The summed E-state index contributed by atoms with van der Waals surface area (Å²) in [4.78, 5) is 0. The lowest BCUT2D eigenvalue weighted by atomic mass is 10.1. The Morgan fingerprint density at radius 3 is 2.89 bits per heavy atom. The van der Waals surface area contributed by atoms with Gasteiger partial charge in [0.15, 0.2) is 0 Å². The maximum absolute atomic E-state index is 3.68. The van der Waals surface area contributed by atoms with E-state index in [4.69, 9.17) is 0 Å². The van der Waals surface area contributed by atoms with E-state index >= 15 is 0 Å². The largest absolute Gasteiger partial charge is 0.306 e. The molecule has 2 aromatic carbocycles. The van der Waals surface area contributed by atoms with E-state index in [0.717, 1.165) is 6.54 Å². The molecule has 3 rings (SSSR count). The van der Waals surface area contributed by atoms with Crippen molar-refractivity contribution >= 4 is 15.9 Å². The molecule has 1 atom stereocenters. The molecule has 19 heavy (non-hydrogen) atoms. The summed E-state index contributed by atoms with van der Waals surface area (Å²) in [5.74, 6) is 0. The molecule has 2 heteroatoms. The Morgan fingerprint density at radius 1 is 1.21 bits per heavy atom. The van der Waals surface area contributed by atoms with Gasteiger partial charge in [-0.2, -0.15) is 0 Å². The van der Waals surface area contributed by atoms with Crippen LogP contribution in [0.1, 0.15) is 34.7 Å². The minimum atomic E-state index is 0.504. The normalized spacial score (nSPS) is 17.5. The lowest BCUT2D eigenvalue weighted by Crippen LogP contribution is -2.18. The second-order valence-corrected chi connectivity index (χ2v) is 6.12. The molecule has 0 radical (unpaired) electrons. The van der Waals surface area contributed by atoms with Gasteiger partial charge in [-0.3, -0.25) is 0 Å². The minimum absolute atomic E-state index is 0.504. The summed E-state index contributed by atoms with van der Waals surface area (Å²) in [6.07, 6.45) is 2.41. The Balaban J connectivity index is 1.71. The predicted octanol–water partition coefficient (Wildman–Crippen LogP) is 4.53. The van der Waals surface area contributed by atoms with Gasteiger partial charge in [-0.25, -0.2) is 0 Å². The average molecular weight is 316 g/mol. The summed E-state index contributed by atoms with van der Waals surface area (Å²) in [6, 6.07) is 15.8. The van der Waals surface area contributed by atoms with Crippen molar-refractivity contribution in [1.29, 1.82) is 0 Å². The molecule has 1 N–H and O–H groups in total. The third-order valence-corrected chi connectivity index (χ3v) is 4.62. The topological polar surface area (TPSA) is 12.0 Å². The van der Waals surface area contributed by atoms with Crippen molar-refractivity contribution in [2.45, 2.75) is 32.4 Å². The van der Waals surface area contributed by atoms with Gasteiger partial charge in [0.2, 0.25) is 0 Å². The van der Waals surface area contributed by atoms with Crippen molar-refractivity contribution in [2.75, 3.05) is 0 Å². The van der Waals surface area contributed by atoms with Gasteiger partial charge in [-0.1, -0.05) is 52.3 Å². The van der Waals surface area contributed by atoms with E-state index in [-0.39, 0.29) is 0 Å². The van der Waals surface area contributed by atoms with Crippen LogP contribution >= 0.6 is 15.9 Å². The van der Waals surface area contributed by atoms with Crippen molar-refractivity contribution in [2.24, 2.45) is 0 Å². The zero-order chi connectivity index (χ0) is 13.2. The Hall–Kier alpha value is -1.12. The van der Waals surface area contributed by atoms with Gasteiger partial charge in [0.25, 0.3) is 0 Å². The standard InChI is InChI=1S/C17H18BrN/c1-12-6-7-14(16(18)10-12)11-19-17-9-8-13-4-2-3-5-15(13)17/h2-7,10,17,19H,8-9,11H2,1H3. The summed E-state index contributed by atoms with van der Waals surface area (Å²) >= 11 is 3.65. The number of aryl methyl sites for hydroxylation is 2. The Bertz CT molecular complexity index is 592. The first-order chi connectivity index (χ1) is 9.24. The van der Waals surface area contributed by atoms with Gasteiger partial charge in [0, 0.05) is 17.1 Å².